The molecule has 0 aromatic rings. The molecule has 3 nitrogen and oxygen atoms in total. The van der Waals surface area contributed by atoms with Crippen molar-refractivity contribution >= 4 is 10.6 Å². The average molecular weight is 121 g/mol. The fourth-order valence-corrected chi connectivity index (χ4v) is 0.539. The van der Waals surface area contributed by atoms with Crippen LogP contribution in [0.5, 0.6) is 0 Å². The zero-order chi connectivity index (χ0) is 5.91. The van der Waals surface area contributed by atoms with E-state index in [-0.39, 0.29) is 0 Å². The molecular weight excluding hydrogens is 110 g/mol. The van der Waals surface area contributed by atoms with E-state index in [0.29, 0.717) is 0 Å². The molecular formula is C3H11N3S. The van der Waals surface area contributed by atoms with Gasteiger partial charge >= 0.3 is 0 Å². The van der Waals surface area contributed by atoms with Gasteiger partial charge in [0.25, 0.3) is 0 Å². The van der Waals surface area contributed by atoms with Crippen molar-refractivity contribution < 1.29 is 0 Å². The van der Waals surface area contributed by atoms with Crippen molar-refractivity contribution in [2.24, 2.45) is 10.3 Å². The molecule has 0 saturated heterocycles. The van der Waals surface area contributed by atoms with Gasteiger partial charge in [0.1, 0.15) is 0 Å². The molecule has 4 heteroatoms. The van der Waals surface area contributed by atoms with Crippen molar-refractivity contribution in [3.8, 4) is 0 Å². The molecule has 0 rings (SSSR count). The van der Waals surface area contributed by atoms with Gasteiger partial charge in [-0.15, -0.1) is 0 Å². The molecule has 0 aliphatic rings. The highest BCUT2D eigenvalue weighted by Crippen LogP contribution is 2.15. The van der Waals surface area contributed by atoms with E-state index < -0.39 is 10.6 Å². The Balaban J connectivity index is 3.34. The van der Waals surface area contributed by atoms with Crippen LogP contribution in [0.3, 0.4) is 0 Å². The van der Waals surface area contributed by atoms with Crippen molar-refractivity contribution in [1.29, 1.82) is 0 Å². The molecule has 0 aromatic carbocycles. The highest BCUT2D eigenvalue weighted by atomic mass is 32.3. The summed E-state index contributed by atoms with van der Waals surface area (Å²) in [5.74, 6) is 0. The molecule has 0 aromatic heterocycles. The second-order valence-electron chi connectivity index (χ2n) is 1.37. The van der Waals surface area contributed by atoms with Gasteiger partial charge in [-0.05, 0) is 0 Å². The van der Waals surface area contributed by atoms with E-state index in [0.717, 1.165) is 0 Å². The molecule has 0 fully saturated rings. The molecule has 0 unspecified atom stereocenters. The molecule has 7 heavy (non-hydrogen) atoms. The van der Waals surface area contributed by atoms with E-state index in [1.54, 1.807) is 6.26 Å². The lowest BCUT2D eigenvalue weighted by molar-refractivity contribution is 1.35. The molecule has 44 valence electrons. The first-order valence-electron chi connectivity index (χ1n) is 1.78. The minimum Gasteiger partial charge on any atom is -0.333 e. The van der Waals surface area contributed by atoms with Gasteiger partial charge in [-0.2, -0.15) is 0 Å². The Morgan fingerprint density at radius 1 is 1.71 bits per heavy atom. The minimum absolute atomic E-state index is 1.50. The second-order valence-corrected chi connectivity index (χ2v) is 3.70. The highest BCUT2D eigenvalue weighted by Gasteiger charge is 1.95. The Kier molecular flexibility index (Phi) is 2.14. The zero-order valence-corrected chi connectivity index (χ0v) is 5.16. The summed E-state index contributed by atoms with van der Waals surface area (Å²) in [6.45, 7) is 3.40. The molecule has 0 radical (unpaired) electrons. The fourth-order valence-electron chi connectivity index (χ4n) is 0.180. The number of hydrogen-bond acceptors (Lipinski definition) is 3. The first kappa shape index (κ1) is 6.81. The third-order valence-corrected chi connectivity index (χ3v) is 1.01. The Bertz CT molecular complexity index is 65.1. The van der Waals surface area contributed by atoms with Crippen LogP contribution in [0.4, 0.5) is 0 Å². The van der Waals surface area contributed by atoms with Crippen LogP contribution in [0.1, 0.15) is 0 Å². The van der Waals surface area contributed by atoms with Crippen LogP contribution in [-0.4, -0.2) is 6.26 Å². The Labute approximate surface area is 45.5 Å². The Morgan fingerprint density at radius 2 is 2.14 bits per heavy atom. The molecule has 0 heterocycles. The van der Waals surface area contributed by atoms with Crippen LogP contribution in [0, 0.1) is 0 Å². The lowest BCUT2D eigenvalue weighted by Crippen LogP contribution is -2.29. The standard InChI is InChI=1S/C3H11N3S/c1-3-6-7(2,4)5/h3,6H,1,4-5H2,2H3. The van der Waals surface area contributed by atoms with Gasteiger partial charge in [-0.25, -0.2) is 0 Å². The SMILES string of the molecule is C=CNS(C)(N)N. The molecule has 0 bridgehead atoms. The molecule has 5 N–H and O–H groups in total. The van der Waals surface area contributed by atoms with Crippen molar-refractivity contribution in [1.82, 2.24) is 4.72 Å². The number of hydrogen-bond donors (Lipinski definition) is 3. The normalized spacial score (nSPS) is 13.0. The van der Waals surface area contributed by atoms with E-state index in [9.17, 15) is 0 Å². The van der Waals surface area contributed by atoms with Crippen LogP contribution in [0.25, 0.3) is 0 Å². The molecule has 0 aliphatic heterocycles. The summed E-state index contributed by atoms with van der Waals surface area (Å²) in [6, 6.07) is 0. The van der Waals surface area contributed by atoms with E-state index in [1.165, 1.54) is 6.20 Å². The smallest absolute Gasteiger partial charge is 0.00700 e. The molecule has 0 spiro atoms. The van der Waals surface area contributed by atoms with Crippen LogP contribution < -0.4 is 15.0 Å². The largest absolute Gasteiger partial charge is 0.333 e. The topological polar surface area (TPSA) is 64.1 Å². The summed E-state index contributed by atoms with van der Waals surface area (Å²) >= 11 is 0. The number of nitrogens with two attached hydrogens (primary N) is 2. The fraction of sp³-hybridized carbons (Fsp3) is 0.333. The summed E-state index contributed by atoms with van der Waals surface area (Å²) in [5, 5.41) is 10.6. The van der Waals surface area contributed by atoms with Crippen LogP contribution >= 0.6 is 10.6 Å². The van der Waals surface area contributed by atoms with Crippen LogP contribution in [-0.2, 0) is 0 Å². The summed E-state index contributed by atoms with van der Waals surface area (Å²) in [5.41, 5.74) is 0. The molecule has 0 atom stereocenters. The van der Waals surface area contributed by atoms with Gasteiger partial charge in [0.15, 0.2) is 0 Å². The van der Waals surface area contributed by atoms with Gasteiger partial charge in [0.05, 0.1) is 0 Å². The van der Waals surface area contributed by atoms with Crippen molar-refractivity contribution in [2.45, 2.75) is 0 Å². The Morgan fingerprint density at radius 3 is 2.14 bits per heavy atom. The van der Waals surface area contributed by atoms with Gasteiger partial charge in [0, 0.05) is 12.5 Å². The predicted molar refractivity (Wildman–Crippen MR) is 35.2 cm³/mol. The number of rotatable bonds is 2. The van der Waals surface area contributed by atoms with Gasteiger partial charge in [-0.1, -0.05) is 17.2 Å². The predicted octanol–water partition coefficient (Wildman–Crippen LogP) is -0.184. The van der Waals surface area contributed by atoms with Crippen molar-refractivity contribution in [3.63, 3.8) is 0 Å². The van der Waals surface area contributed by atoms with Gasteiger partial charge < -0.3 is 4.72 Å². The van der Waals surface area contributed by atoms with Crippen molar-refractivity contribution in [2.75, 3.05) is 6.26 Å². The highest BCUT2D eigenvalue weighted by molar-refractivity contribution is 8.28. The quantitative estimate of drug-likeness (QED) is 0.474. The maximum atomic E-state index is 5.32. The summed E-state index contributed by atoms with van der Waals surface area (Å²) in [6.07, 6.45) is 3.23. The summed E-state index contributed by atoms with van der Waals surface area (Å²) < 4.78 is 2.69. The van der Waals surface area contributed by atoms with E-state index in [2.05, 4.69) is 11.3 Å². The van der Waals surface area contributed by atoms with E-state index in [4.69, 9.17) is 10.3 Å². The summed E-state index contributed by atoms with van der Waals surface area (Å²) in [4.78, 5) is 0. The van der Waals surface area contributed by atoms with Crippen LogP contribution in [0.2, 0.25) is 0 Å². The molecule has 0 amide bonds. The van der Waals surface area contributed by atoms with Crippen LogP contribution in [0.15, 0.2) is 12.8 Å². The van der Waals surface area contributed by atoms with E-state index in [1.807, 2.05) is 0 Å². The monoisotopic (exact) mass is 121 g/mol. The number of nitrogens with one attached hydrogen (secondary N) is 1. The summed E-state index contributed by atoms with van der Waals surface area (Å²) in [7, 11) is -1.54. The van der Waals surface area contributed by atoms with Gasteiger partial charge in [-0.3, -0.25) is 10.3 Å². The lowest BCUT2D eigenvalue weighted by atomic mass is 11.1. The Hall–Kier alpha value is -0.190. The molecule has 0 saturated carbocycles. The third kappa shape index (κ3) is 5.81. The lowest BCUT2D eigenvalue weighted by Gasteiger charge is -2.24. The first-order chi connectivity index (χ1) is 3.06. The maximum Gasteiger partial charge on any atom is 0.00700 e. The zero-order valence-electron chi connectivity index (χ0n) is 4.35. The van der Waals surface area contributed by atoms with Crippen molar-refractivity contribution in [3.05, 3.63) is 12.8 Å². The van der Waals surface area contributed by atoms with Gasteiger partial charge in [0.2, 0.25) is 0 Å². The molecule has 0 aliphatic carbocycles. The minimum atomic E-state index is -1.54. The maximum absolute atomic E-state index is 5.32. The third-order valence-electron chi connectivity index (χ3n) is 0.337. The van der Waals surface area contributed by atoms with E-state index >= 15 is 0 Å². The average Bonchev–Trinajstić information content (AvgIpc) is 1.30. The first-order valence-corrected chi connectivity index (χ1v) is 3.95. The second kappa shape index (κ2) is 2.20.